The van der Waals surface area contributed by atoms with Crippen molar-refractivity contribution in [2.45, 2.75) is 24.1 Å². The fraction of sp³-hybridized carbons (Fsp3) is 0.158. The summed E-state index contributed by atoms with van der Waals surface area (Å²) in [4.78, 5) is 17.0. The van der Waals surface area contributed by atoms with Crippen molar-refractivity contribution < 1.29 is 13.6 Å². The molecule has 1 atom stereocenters. The SMILES string of the molecule is Cc1cc(SC(C)C(=O)c2cc(F)ccc2F)nc2ccccc12. The van der Waals surface area contributed by atoms with E-state index >= 15 is 0 Å². The first-order chi connectivity index (χ1) is 11.5. The zero-order valence-corrected chi connectivity index (χ0v) is 14.0. The van der Waals surface area contributed by atoms with Crippen LogP contribution in [0.15, 0.2) is 53.6 Å². The van der Waals surface area contributed by atoms with E-state index in [-0.39, 0.29) is 5.56 Å². The molecule has 2 nitrogen and oxygen atoms in total. The third-order valence-electron chi connectivity index (χ3n) is 3.76. The molecule has 24 heavy (non-hydrogen) atoms. The number of fused-ring (bicyclic) bond motifs is 1. The summed E-state index contributed by atoms with van der Waals surface area (Å²) < 4.78 is 27.1. The number of carbonyl (C=O) groups excluding carboxylic acids is 1. The van der Waals surface area contributed by atoms with Crippen LogP contribution in [0, 0.1) is 18.6 Å². The molecule has 0 aliphatic rings. The summed E-state index contributed by atoms with van der Waals surface area (Å²) in [6, 6.07) is 12.6. The first-order valence-corrected chi connectivity index (χ1v) is 8.36. The maximum atomic E-state index is 13.8. The van der Waals surface area contributed by atoms with Gasteiger partial charge in [-0.05, 0) is 49.7 Å². The molecule has 1 aromatic heterocycles. The Morgan fingerprint density at radius 3 is 2.67 bits per heavy atom. The Hall–Kier alpha value is -2.27. The Labute approximate surface area is 142 Å². The first kappa shape index (κ1) is 16.6. The molecule has 0 spiro atoms. The molecule has 5 heteroatoms. The van der Waals surface area contributed by atoms with Crippen LogP contribution in [-0.2, 0) is 0 Å². The van der Waals surface area contributed by atoms with Crippen LogP contribution in [0.5, 0.6) is 0 Å². The monoisotopic (exact) mass is 343 g/mol. The van der Waals surface area contributed by atoms with Crippen molar-refractivity contribution in [2.24, 2.45) is 0 Å². The van der Waals surface area contributed by atoms with Gasteiger partial charge in [0.2, 0.25) is 0 Å². The van der Waals surface area contributed by atoms with E-state index in [2.05, 4.69) is 4.98 Å². The smallest absolute Gasteiger partial charge is 0.178 e. The molecule has 1 unspecified atom stereocenters. The van der Waals surface area contributed by atoms with Gasteiger partial charge >= 0.3 is 0 Å². The van der Waals surface area contributed by atoms with Crippen LogP contribution in [-0.4, -0.2) is 16.0 Å². The van der Waals surface area contributed by atoms with Crippen molar-refractivity contribution >= 4 is 28.4 Å². The van der Waals surface area contributed by atoms with Crippen LogP contribution in [0.25, 0.3) is 10.9 Å². The highest BCUT2D eigenvalue weighted by atomic mass is 32.2. The summed E-state index contributed by atoms with van der Waals surface area (Å²) in [6.45, 7) is 3.65. The number of rotatable bonds is 4. The van der Waals surface area contributed by atoms with E-state index in [9.17, 15) is 13.6 Å². The third-order valence-corrected chi connectivity index (χ3v) is 4.78. The standard InChI is InChI=1S/C19H15F2NOS/c1-11-9-18(22-17-6-4-3-5-14(11)17)24-12(2)19(23)15-10-13(20)7-8-16(15)21/h3-10,12H,1-2H3. The molecule has 122 valence electrons. The number of pyridine rings is 1. The molecular formula is C19H15F2NOS. The van der Waals surface area contributed by atoms with Gasteiger partial charge in [-0.25, -0.2) is 13.8 Å². The van der Waals surface area contributed by atoms with Crippen LogP contribution < -0.4 is 0 Å². The van der Waals surface area contributed by atoms with E-state index < -0.39 is 22.7 Å². The lowest BCUT2D eigenvalue weighted by Crippen LogP contribution is -2.15. The van der Waals surface area contributed by atoms with E-state index in [1.807, 2.05) is 37.3 Å². The van der Waals surface area contributed by atoms with E-state index in [1.54, 1.807) is 6.92 Å². The largest absolute Gasteiger partial charge is 0.293 e. The Balaban J connectivity index is 1.88. The maximum Gasteiger partial charge on any atom is 0.178 e. The maximum absolute atomic E-state index is 13.8. The molecule has 0 saturated heterocycles. The van der Waals surface area contributed by atoms with Crippen molar-refractivity contribution in [1.29, 1.82) is 0 Å². The second kappa shape index (κ2) is 6.69. The minimum Gasteiger partial charge on any atom is -0.293 e. The highest BCUT2D eigenvalue weighted by Crippen LogP contribution is 2.28. The van der Waals surface area contributed by atoms with E-state index in [0.717, 1.165) is 34.7 Å². The van der Waals surface area contributed by atoms with Gasteiger partial charge in [-0.15, -0.1) is 0 Å². The number of para-hydroxylation sites is 1. The minimum atomic E-state index is -0.712. The molecule has 0 N–H and O–H groups in total. The molecule has 0 aliphatic carbocycles. The fourth-order valence-electron chi connectivity index (χ4n) is 2.52. The van der Waals surface area contributed by atoms with Crippen LogP contribution in [0.2, 0.25) is 0 Å². The number of aromatic nitrogens is 1. The van der Waals surface area contributed by atoms with Gasteiger partial charge < -0.3 is 0 Å². The lowest BCUT2D eigenvalue weighted by Gasteiger charge is -2.12. The Morgan fingerprint density at radius 1 is 1.12 bits per heavy atom. The lowest BCUT2D eigenvalue weighted by molar-refractivity contribution is 0.0989. The number of carbonyl (C=O) groups is 1. The Kier molecular flexibility index (Phi) is 4.62. The molecule has 3 rings (SSSR count). The lowest BCUT2D eigenvalue weighted by atomic mass is 10.1. The zero-order valence-electron chi connectivity index (χ0n) is 13.2. The summed E-state index contributed by atoms with van der Waals surface area (Å²) in [6.07, 6.45) is 0. The van der Waals surface area contributed by atoms with E-state index in [1.165, 1.54) is 11.8 Å². The molecule has 0 aliphatic heterocycles. The molecule has 3 aromatic rings. The summed E-state index contributed by atoms with van der Waals surface area (Å²) in [7, 11) is 0. The second-order valence-corrected chi connectivity index (χ2v) is 6.90. The van der Waals surface area contributed by atoms with Crippen molar-refractivity contribution in [2.75, 3.05) is 0 Å². The topological polar surface area (TPSA) is 30.0 Å². The number of aryl methyl sites for hydroxylation is 1. The predicted molar refractivity (Wildman–Crippen MR) is 92.5 cm³/mol. The van der Waals surface area contributed by atoms with Crippen LogP contribution >= 0.6 is 11.8 Å². The summed E-state index contributed by atoms with van der Waals surface area (Å²) >= 11 is 1.24. The number of benzene rings is 2. The minimum absolute atomic E-state index is 0.229. The van der Waals surface area contributed by atoms with E-state index in [0.29, 0.717) is 5.03 Å². The van der Waals surface area contributed by atoms with Gasteiger partial charge in [-0.3, -0.25) is 4.79 Å². The Bertz CT molecular complexity index is 926. The van der Waals surface area contributed by atoms with Gasteiger partial charge in [0.1, 0.15) is 11.6 Å². The van der Waals surface area contributed by atoms with Crippen LogP contribution in [0.4, 0.5) is 8.78 Å². The highest BCUT2D eigenvalue weighted by molar-refractivity contribution is 8.00. The van der Waals surface area contributed by atoms with Gasteiger partial charge in [-0.1, -0.05) is 30.0 Å². The van der Waals surface area contributed by atoms with Gasteiger partial charge in [0.25, 0.3) is 0 Å². The third kappa shape index (κ3) is 3.31. The summed E-state index contributed by atoms with van der Waals surface area (Å²) in [5, 5.41) is 1.16. The predicted octanol–water partition coefficient (Wildman–Crippen LogP) is 5.18. The molecule has 0 bridgehead atoms. The summed E-state index contributed by atoms with van der Waals surface area (Å²) in [5.74, 6) is -1.79. The van der Waals surface area contributed by atoms with Gasteiger partial charge in [-0.2, -0.15) is 0 Å². The van der Waals surface area contributed by atoms with Crippen LogP contribution in [0.1, 0.15) is 22.8 Å². The number of Topliss-reactive ketones (excluding diaryl/α,β-unsaturated/α-hetero) is 1. The number of hydrogen-bond acceptors (Lipinski definition) is 3. The van der Waals surface area contributed by atoms with Crippen molar-refractivity contribution in [3.8, 4) is 0 Å². The molecule has 1 heterocycles. The van der Waals surface area contributed by atoms with Crippen molar-refractivity contribution in [1.82, 2.24) is 4.98 Å². The molecule has 0 radical (unpaired) electrons. The number of ketones is 1. The Morgan fingerprint density at radius 2 is 1.88 bits per heavy atom. The van der Waals surface area contributed by atoms with Gasteiger partial charge in [0, 0.05) is 5.39 Å². The zero-order chi connectivity index (χ0) is 17.3. The number of nitrogens with zero attached hydrogens (tertiary/aromatic N) is 1. The normalized spacial score (nSPS) is 12.3. The quantitative estimate of drug-likeness (QED) is 0.483. The number of halogens is 2. The average molecular weight is 343 g/mol. The van der Waals surface area contributed by atoms with Crippen LogP contribution in [0.3, 0.4) is 0 Å². The van der Waals surface area contributed by atoms with Crippen molar-refractivity contribution in [3.63, 3.8) is 0 Å². The van der Waals surface area contributed by atoms with Crippen molar-refractivity contribution in [3.05, 3.63) is 71.3 Å². The number of thioether (sulfide) groups is 1. The number of hydrogen-bond donors (Lipinski definition) is 0. The fourth-order valence-corrected chi connectivity index (χ4v) is 3.51. The molecule has 0 fully saturated rings. The molecule has 0 amide bonds. The average Bonchev–Trinajstić information content (AvgIpc) is 2.56. The van der Waals surface area contributed by atoms with Gasteiger partial charge in [0.15, 0.2) is 5.78 Å². The van der Waals surface area contributed by atoms with E-state index in [4.69, 9.17) is 0 Å². The second-order valence-electron chi connectivity index (χ2n) is 5.54. The first-order valence-electron chi connectivity index (χ1n) is 7.48. The molecule has 2 aromatic carbocycles. The van der Waals surface area contributed by atoms with Gasteiger partial charge in [0.05, 0.1) is 21.4 Å². The molecular weight excluding hydrogens is 328 g/mol. The highest BCUT2D eigenvalue weighted by Gasteiger charge is 2.21. The summed E-state index contributed by atoms with van der Waals surface area (Å²) in [5.41, 5.74) is 1.67. The molecule has 0 saturated carbocycles.